The van der Waals surface area contributed by atoms with Gasteiger partial charge in [-0.05, 0) is 13.8 Å². The first-order chi connectivity index (χ1) is 4.56. The molecule has 3 nitrogen and oxygen atoms in total. The Kier molecular flexibility index (Phi) is 1.68. The lowest BCUT2D eigenvalue weighted by atomic mass is 10.1. The minimum Gasteiger partial charge on any atom is -0.469 e. The van der Waals surface area contributed by atoms with Crippen molar-refractivity contribution in [3.8, 4) is 0 Å². The number of epoxide rings is 1. The minimum atomic E-state index is -0.199. The van der Waals surface area contributed by atoms with E-state index in [4.69, 9.17) is 4.74 Å². The number of ether oxygens (including phenoxy) is 2. The highest BCUT2D eigenvalue weighted by Gasteiger charge is 2.48. The predicted molar refractivity (Wildman–Crippen MR) is 35.6 cm³/mol. The van der Waals surface area contributed by atoms with E-state index in [9.17, 15) is 4.79 Å². The van der Waals surface area contributed by atoms with Crippen LogP contribution in [0.1, 0.15) is 20.3 Å². The Labute approximate surface area is 60.3 Å². The molecule has 0 bridgehead atoms. The van der Waals surface area contributed by atoms with Crippen molar-refractivity contribution >= 4 is 5.97 Å². The Balaban J connectivity index is 2.24. The monoisotopic (exact) mass is 144 g/mol. The van der Waals surface area contributed by atoms with Gasteiger partial charge in [0.15, 0.2) is 0 Å². The van der Waals surface area contributed by atoms with Crippen molar-refractivity contribution in [3.63, 3.8) is 0 Å². The van der Waals surface area contributed by atoms with Gasteiger partial charge in [-0.25, -0.2) is 0 Å². The number of carbonyl (C=O) groups is 1. The summed E-state index contributed by atoms with van der Waals surface area (Å²) in [5.41, 5.74) is -0.103. The van der Waals surface area contributed by atoms with Gasteiger partial charge in [0.1, 0.15) is 0 Å². The van der Waals surface area contributed by atoms with Crippen molar-refractivity contribution in [1.82, 2.24) is 0 Å². The Morgan fingerprint density at radius 3 is 2.50 bits per heavy atom. The normalized spacial score (nSPS) is 27.7. The van der Waals surface area contributed by atoms with Crippen LogP contribution in [0.25, 0.3) is 0 Å². The average molecular weight is 144 g/mol. The Bertz CT molecular complexity index is 151. The summed E-state index contributed by atoms with van der Waals surface area (Å²) in [6, 6.07) is 0. The summed E-state index contributed by atoms with van der Waals surface area (Å²) in [6.07, 6.45) is 0.448. The van der Waals surface area contributed by atoms with Gasteiger partial charge in [-0.15, -0.1) is 0 Å². The highest BCUT2D eigenvalue weighted by atomic mass is 16.6. The molecule has 0 aliphatic carbocycles. The van der Waals surface area contributed by atoms with Crippen molar-refractivity contribution in [2.24, 2.45) is 0 Å². The Hall–Kier alpha value is -0.570. The number of hydrogen-bond donors (Lipinski definition) is 0. The van der Waals surface area contributed by atoms with Gasteiger partial charge in [-0.2, -0.15) is 0 Å². The molecule has 1 heterocycles. The Morgan fingerprint density at radius 1 is 1.70 bits per heavy atom. The standard InChI is InChI=1S/C7H12O3/c1-7(2)5(10-7)4-6(8)9-3/h5H,4H2,1-3H3. The molecule has 58 valence electrons. The van der Waals surface area contributed by atoms with Gasteiger partial charge in [0.05, 0.1) is 25.2 Å². The molecule has 10 heavy (non-hydrogen) atoms. The molecule has 0 amide bonds. The summed E-state index contributed by atoms with van der Waals surface area (Å²) in [5.74, 6) is -0.199. The predicted octanol–water partition coefficient (Wildman–Crippen LogP) is 0.727. The van der Waals surface area contributed by atoms with Crippen molar-refractivity contribution in [2.75, 3.05) is 7.11 Å². The van der Waals surface area contributed by atoms with Crippen LogP contribution in [0, 0.1) is 0 Å². The van der Waals surface area contributed by atoms with Crippen LogP contribution in [-0.2, 0) is 14.3 Å². The molecule has 3 heteroatoms. The molecule has 0 aromatic carbocycles. The molecule has 1 fully saturated rings. The third-order valence-electron chi connectivity index (χ3n) is 1.74. The van der Waals surface area contributed by atoms with E-state index in [1.165, 1.54) is 7.11 Å². The summed E-state index contributed by atoms with van der Waals surface area (Å²) in [6.45, 7) is 3.92. The molecule has 1 saturated heterocycles. The fraction of sp³-hybridized carbons (Fsp3) is 0.857. The first kappa shape index (κ1) is 7.54. The number of carbonyl (C=O) groups excluding carboxylic acids is 1. The summed E-state index contributed by atoms with van der Waals surface area (Å²) in [7, 11) is 1.39. The average Bonchev–Trinajstić information content (AvgIpc) is 2.40. The van der Waals surface area contributed by atoms with Gasteiger partial charge in [0, 0.05) is 0 Å². The molecule has 1 unspecified atom stereocenters. The molecule has 1 rings (SSSR count). The van der Waals surface area contributed by atoms with E-state index >= 15 is 0 Å². The van der Waals surface area contributed by atoms with Crippen LogP contribution in [0.15, 0.2) is 0 Å². The molecule has 0 aromatic rings. The van der Waals surface area contributed by atoms with Crippen LogP contribution in [0.3, 0.4) is 0 Å². The molecule has 0 spiro atoms. The van der Waals surface area contributed by atoms with E-state index in [2.05, 4.69) is 4.74 Å². The SMILES string of the molecule is COC(=O)CC1OC1(C)C. The first-order valence-corrected chi connectivity index (χ1v) is 3.31. The number of rotatable bonds is 2. The second-order valence-corrected chi connectivity index (χ2v) is 2.99. The lowest BCUT2D eigenvalue weighted by Crippen LogP contribution is -2.10. The molecule has 0 radical (unpaired) electrons. The van der Waals surface area contributed by atoms with Crippen LogP contribution in [0.4, 0.5) is 0 Å². The van der Waals surface area contributed by atoms with Gasteiger partial charge < -0.3 is 9.47 Å². The van der Waals surface area contributed by atoms with Crippen LogP contribution >= 0.6 is 0 Å². The summed E-state index contributed by atoms with van der Waals surface area (Å²) in [4.78, 5) is 10.6. The Morgan fingerprint density at radius 2 is 2.20 bits per heavy atom. The van der Waals surface area contributed by atoms with Crippen molar-refractivity contribution in [3.05, 3.63) is 0 Å². The molecule has 1 aliphatic rings. The lowest BCUT2D eigenvalue weighted by molar-refractivity contribution is -0.140. The minimum absolute atomic E-state index is 0.0694. The number of methoxy groups -OCH3 is 1. The maximum Gasteiger partial charge on any atom is 0.308 e. The van der Waals surface area contributed by atoms with Gasteiger partial charge in [-0.1, -0.05) is 0 Å². The number of hydrogen-bond acceptors (Lipinski definition) is 3. The van der Waals surface area contributed by atoms with E-state index in [1.54, 1.807) is 0 Å². The highest BCUT2D eigenvalue weighted by Crippen LogP contribution is 2.37. The number of esters is 1. The zero-order chi connectivity index (χ0) is 7.78. The fourth-order valence-electron chi connectivity index (χ4n) is 0.855. The van der Waals surface area contributed by atoms with Gasteiger partial charge in [0.25, 0.3) is 0 Å². The zero-order valence-corrected chi connectivity index (χ0v) is 6.51. The third-order valence-corrected chi connectivity index (χ3v) is 1.74. The maximum absolute atomic E-state index is 10.6. The van der Waals surface area contributed by atoms with Crippen LogP contribution in [-0.4, -0.2) is 24.8 Å². The van der Waals surface area contributed by atoms with Crippen molar-refractivity contribution in [2.45, 2.75) is 32.0 Å². The fourth-order valence-corrected chi connectivity index (χ4v) is 0.855. The second kappa shape index (κ2) is 2.23. The van der Waals surface area contributed by atoms with Crippen molar-refractivity contribution in [1.29, 1.82) is 0 Å². The maximum atomic E-state index is 10.6. The van der Waals surface area contributed by atoms with Crippen molar-refractivity contribution < 1.29 is 14.3 Å². The van der Waals surface area contributed by atoms with E-state index in [-0.39, 0.29) is 17.7 Å². The lowest BCUT2D eigenvalue weighted by Gasteiger charge is -1.95. The van der Waals surface area contributed by atoms with Gasteiger partial charge in [0.2, 0.25) is 0 Å². The molecule has 0 saturated carbocycles. The van der Waals surface area contributed by atoms with Crippen LogP contribution in [0.2, 0.25) is 0 Å². The van der Waals surface area contributed by atoms with Crippen LogP contribution < -0.4 is 0 Å². The zero-order valence-electron chi connectivity index (χ0n) is 6.51. The summed E-state index contributed by atoms with van der Waals surface area (Å²) >= 11 is 0. The molecule has 0 aromatic heterocycles. The summed E-state index contributed by atoms with van der Waals surface area (Å²) < 4.78 is 9.65. The molecule has 1 aliphatic heterocycles. The van der Waals surface area contributed by atoms with Gasteiger partial charge in [-0.3, -0.25) is 4.79 Å². The topological polar surface area (TPSA) is 38.8 Å². The van der Waals surface area contributed by atoms with E-state index < -0.39 is 0 Å². The summed E-state index contributed by atoms with van der Waals surface area (Å²) in [5, 5.41) is 0. The smallest absolute Gasteiger partial charge is 0.308 e. The first-order valence-electron chi connectivity index (χ1n) is 3.31. The second-order valence-electron chi connectivity index (χ2n) is 2.99. The molecule has 1 atom stereocenters. The third kappa shape index (κ3) is 1.48. The van der Waals surface area contributed by atoms with E-state index in [0.29, 0.717) is 6.42 Å². The molecular formula is C7H12O3. The van der Waals surface area contributed by atoms with Gasteiger partial charge >= 0.3 is 5.97 Å². The molecule has 0 N–H and O–H groups in total. The van der Waals surface area contributed by atoms with Crippen LogP contribution in [0.5, 0.6) is 0 Å². The van der Waals surface area contributed by atoms with E-state index in [1.807, 2.05) is 13.8 Å². The quantitative estimate of drug-likeness (QED) is 0.423. The van der Waals surface area contributed by atoms with E-state index in [0.717, 1.165) is 0 Å². The highest BCUT2D eigenvalue weighted by molar-refractivity contribution is 5.70. The largest absolute Gasteiger partial charge is 0.469 e. The molecular weight excluding hydrogens is 132 g/mol.